The molecule has 0 bridgehead atoms. The van der Waals surface area contributed by atoms with Crippen LogP contribution < -0.4 is 26.2 Å². The predicted molar refractivity (Wildman–Crippen MR) is 226 cm³/mol. The third-order valence-electron chi connectivity index (χ3n) is 11.1. The second-order valence-corrected chi connectivity index (χ2v) is 18.5. The summed E-state index contributed by atoms with van der Waals surface area (Å²) in [4.78, 5) is 4.79. The van der Waals surface area contributed by atoms with E-state index in [9.17, 15) is 0 Å². The van der Waals surface area contributed by atoms with E-state index >= 15 is 8.78 Å². The van der Waals surface area contributed by atoms with Crippen LogP contribution in [0.2, 0.25) is 0 Å². The minimum absolute atomic E-state index is 0.0784. The summed E-state index contributed by atoms with van der Waals surface area (Å²) in [5.74, 6) is -0.480. The first-order chi connectivity index (χ1) is 25.4. The Labute approximate surface area is 317 Å². The summed E-state index contributed by atoms with van der Waals surface area (Å²) in [5, 5.41) is 5.86. The van der Waals surface area contributed by atoms with Crippen molar-refractivity contribution in [1.82, 2.24) is 0 Å². The molecule has 2 aliphatic rings. The van der Waals surface area contributed by atoms with Crippen LogP contribution in [-0.4, -0.2) is 6.71 Å². The van der Waals surface area contributed by atoms with E-state index in [2.05, 4.69) is 130 Å². The lowest BCUT2D eigenvalue weighted by Crippen LogP contribution is -2.61. The maximum atomic E-state index is 15.2. The van der Waals surface area contributed by atoms with Crippen LogP contribution in [0, 0.1) is 11.6 Å². The van der Waals surface area contributed by atoms with Crippen molar-refractivity contribution in [3.05, 3.63) is 137 Å². The maximum absolute atomic E-state index is 15.2. The van der Waals surface area contributed by atoms with Crippen molar-refractivity contribution in [3.8, 4) is 0 Å². The van der Waals surface area contributed by atoms with Gasteiger partial charge >= 0.3 is 0 Å². The number of nitrogens with zero attached hydrogens (tertiary/aromatic N) is 2. The Bertz CT molecular complexity index is 2820. The lowest BCUT2D eigenvalue weighted by molar-refractivity contribution is 0.573. The van der Waals surface area contributed by atoms with Gasteiger partial charge in [-0.15, -0.1) is 22.7 Å². The average molecular weight is 731 g/mol. The molecule has 7 heteroatoms. The summed E-state index contributed by atoms with van der Waals surface area (Å²) in [5.41, 5.74) is 11.2. The Kier molecular flexibility index (Phi) is 6.94. The van der Waals surface area contributed by atoms with Crippen molar-refractivity contribution in [2.75, 3.05) is 9.80 Å². The van der Waals surface area contributed by atoms with E-state index < -0.39 is 0 Å². The molecule has 6 aromatic carbocycles. The molecule has 2 aliphatic heterocycles. The van der Waals surface area contributed by atoms with Crippen LogP contribution in [0.4, 0.5) is 42.9 Å². The normalized spacial score (nSPS) is 13.9. The van der Waals surface area contributed by atoms with E-state index in [0.29, 0.717) is 0 Å². The Morgan fingerprint density at radius 3 is 1.91 bits per heavy atom. The van der Waals surface area contributed by atoms with E-state index in [1.807, 2.05) is 23.5 Å². The number of thiophene rings is 2. The minimum atomic E-state index is -0.329. The summed E-state index contributed by atoms with van der Waals surface area (Å²) < 4.78 is 34.0. The molecule has 0 fully saturated rings. The zero-order valence-electron chi connectivity index (χ0n) is 30.5. The number of hydrogen-bond donors (Lipinski definition) is 0. The Hall–Kier alpha value is -4.98. The van der Waals surface area contributed by atoms with Gasteiger partial charge in [-0.3, -0.25) is 0 Å². The van der Waals surface area contributed by atoms with Gasteiger partial charge in [-0.05, 0) is 121 Å². The molecule has 2 aromatic heterocycles. The fraction of sp³-hybridized carbons (Fsp3) is 0.174. The number of anilines is 6. The van der Waals surface area contributed by atoms with E-state index in [-0.39, 0.29) is 29.2 Å². The van der Waals surface area contributed by atoms with Gasteiger partial charge in [-0.1, -0.05) is 84.0 Å². The van der Waals surface area contributed by atoms with Gasteiger partial charge in [0, 0.05) is 31.8 Å². The zero-order chi connectivity index (χ0) is 36.6. The first kappa shape index (κ1) is 32.7. The zero-order valence-corrected chi connectivity index (χ0v) is 32.1. The molecule has 53 heavy (non-hydrogen) atoms. The van der Waals surface area contributed by atoms with Crippen LogP contribution in [-0.2, 0) is 10.8 Å². The summed E-state index contributed by atoms with van der Waals surface area (Å²) >= 11 is 3.58. The quantitative estimate of drug-likeness (QED) is 0.163. The second kappa shape index (κ2) is 11.3. The fourth-order valence-corrected chi connectivity index (χ4v) is 10.8. The summed E-state index contributed by atoms with van der Waals surface area (Å²) in [6.07, 6.45) is 0. The molecule has 0 amide bonds. The fourth-order valence-electron chi connectivity index (χ4n) is 8.77. The summed E-state index contributed by atoms with van der Waals surface area (Å²) in [6.45, 7) is 12.8. The van der Waals surface area contributed by atoms with E-state index in [4.69, 9.17) is 0 Å². The van der Waals surface area contributed by atoms with Gasteiger partial charge in [0.25, 0.3) is 6.71 Å². The summed E-state index contributed by atoms with van der Waals surface area (Å²) in [6, 6.07) is 37.3. The smallest absolute Gasteiger partial charge is 0.252 e. The van der Waals surface area contributed by atoms with Crippen molar-refractivity contribution >= 4 is 110 Å². The van der Waals surface area contributed by atoms with Gasteiger partial charge in [0.05, 0.1) is 21.8 Å². The molecule has 0 saturated carbocycles. The first-order valence-corrected chi connectivity index (χ1v) is 19.9. The number of fused-ring (bicyclic) bond motifs is 9. The standard InChI is InChI=1S/C46H37BF2N2S2/c1-45(2,3)31-22-27(48)15-18-35(31)50-37-11-9-12-38-42(37)47(34-24-30-29-10-7-8-13-40(29)53-41(30)25-39(34)50)33-17-14-26-20-21-52-44(26)43(33)51(38)36-19-16-28(49)23-32(36)46(4,5)6/h7-25H,1-6H3. The predicted octanol–water partition coefficient (Wildman–Crippen LogP) is 12.2. The van der Waals surface area contributed by atoms with Crippen molar-refractivity contribution in [1.29, 1.82) is 0 Å². The molecule has 0 saturated heterocycles. The minimum Gasteiger partial charge on any atom is -0.311 e. The van der Waals surface area contributed by atoms with Crippen LogP contribution in [0.3, 0.4) is 0 Å². The molecule has 0 aliphatic carbocycles. The lowest BCUT2D eigenvalue weighted by Gasteiger charge is -2.45. The monoisotopic (exact) mass is 730 g/mol. The molecular weight excluding hydrogens is 693 g/mol. The van der Waals surface area contributed by atoms with Crippen molar-refractivity contribution in [2.24, 2.45) is 0 Å². The Morgan fingerprint density at radius 2 is 1.21 bits per heavy atom. The molecule has 10 rings (SSSR count). The molecule has 8 aromatic rings. The number of benzene rings is 6. The molecule has 260 valence electrons. The molecule has 0 atom stereocenters. The molecule has 0 radical (unpaired) electrons. The van der Waals surface area contributed by atoms with Gasteiger partial charge in [-0.25, -0.2) is 8.78 Å². The SMILES string of the molecule is CC(C)(C)c1cc(F)ccc1N1c2cc3sc4ccccc4c3cc2B2c3ccc4ccsc4c3N(c3ccc(F)cc3C(C)(C)C)c3cccc1c32. The van der Waals surface area contributed by atoms with Crippen molar-refractivity contribution in [2.45, 2.75) is 52.4 Å². The number of rotatable bonds is 2. The Balaban J connectivity index is 1.37. The van der Waals surface area contributed by atoms with Crippen LogP contribution in [0.25, 0.3) is 30.3 Å². The topological polar surface area (TPSA) is 6.48 Å². The molecule has 2 nitrogen and oxygen atoms in total. The average Bonchev–Trinajstić information content (AvgIpc) is 3.75. The molecular formula is C46H37BF2N2S2. The number of hydrogen-bond acceptors (Lipinski definition) is 4. The Morgan fingerprint density at radius 1 is 0.547 bits per heavy atom. The summed E-state index contributed by atoms with van der Waals surface area (Å²) in [7, 11) is 0. The highest BCUT2D eigenvalue weighted by Gasteiger charge is 2.45. The van der Waals surface area contributed by atoms with E-state index in [1.165, 1.54) is 46.6 Å². The van der Waals surface area contributed by atoms with Gasteiger partial charge in [0.1, 0.15) is 11.6 Å². The molecule has 4 heterocycles. The lowest BCUT2D eigenvalue weighted by atomic mass is 9.33. The van der Waals surface area contributed by atoms with Crippen LogP contribution in [0.1, 0.15) is 52.7 Å². The number of halogens is 2. The highest BCUT2D eigenvalue weighted by atomic mass is 32.1. The van der Waals surface area contributed by atoms with Crippen LogP contribution >= 0.6 is 22.7 Å². The molecule has 0 unspecified atom stereocenters. The molecule has 0 N–H and O–H groups in total. The third kappa shape index (κ3) is 4.79. The largest absolute Gasteiger partial charge is 0.311 e. The van der Waals surface area contributed by atoms with Crippen molar-refractivity contribution < 1.29 is 8.78 Å². The molecule has 0 spiro atoms. The third-order valence-corrected chi connectivity index (χ3v) is 13.2. The maximum Gasteiger partial charge on any atom is 0.252 e. The first-order valence-electron chi connectivity index (χ1n) is 18.2. The highest BCUT2D eigenvalue weighted by Crippen LogP contribution is 2.51. The van der Waals surface area contributed by atoms with Gasteiger partial charge in [0.2, 0.25) is 0 Å². The van der Waals surface area contributed by atoms with E-state index in [1.54, 1.807) is 35.6 Å². The van der Waals surface area contributed by atoms with E-state index in [0.717, 1.165) is 45.3 Å². The van der Waals surface area contributed by atoms with Crippen molar-refractivity contribution in [3.63, 3.8) is 0 Å². The van der Waals surface area contributed by atoms with Gasteiger partial charge in [-0.2, -0.15) is 0 Å². The highest BCUT2D eigenvalue weighted by molar-refractivity contribution is 7.26. The second-order valence-electron chi connectivity index (χ2n) is 16.5. The van der Waals surface area contributed by atoms with Crippen LogP contribution in [0.5, 0.6) is 0 Å². The van der Waals surface area contributed by atoms with Gasteiger partial charge in [0.15, 0.2) is 0 Å². The van der Waals surface area contributed by atoms with Crippen LogP contribution in [0.15, 0.2) is 115 Å². The van der Waals surface area contributed by atoms with Gasteiger partial charge < -0.3 is 9.80 Å².